The molecule has 0 aliphatic rings. The molecule has 0 amide bonds. The molecule has 0 bridgehead atoms. The third kappa shape index (κ3) is 5.59. The Morgan fingerprint density at radius 3 is 2.36 bits per heavy atom. The summed E-state index contributed by atoms with van der Waals surface area (Å²) in [5.41, 5.74) is 2.20. The lowest BCUT2D eigenvalue weighted by molar-refractivity contribution is -0.105. The van der Waals surface area contributed by atoms with Crippen LogP contribution in [0.4, 0.5) is 0 Å². The van der Waals surface area contributed by atoms with Crippen LogP contribution in [0, 0.1) is 0 Å². The Balaban J connectivity index is 3.70. The molecule has 1 nitrogen and oxygen atoms in total. The summed E-state index contributed by atoms with van der Waals surface area (Å²) in [4.78, 5) is 10.3. The Morgan fingerprint density at radius 2 is 2.00 bits per heavy atom. The third-order valence-electron chi connectivity index (χ3n) is 1.51. The fraction of sp³-hybridized carbons (Fsp3) is 0.500. The lowest BCUT2D eigenvalue weighted by Crippen LogP contribution is -1.82. The van der Waals surface area contributed by atoms with E-state index in [4.69, 9.17) is 0 Å². The summed E-state index contributed by atoms with van der Waals surface area (Å²) in [5, 5.41) is 0. The molecule has 0 aromatic heterocycles. The fourth-order valence-corrected chi connectivity index (χ4v) is 0.799. The highest BCUT2D eigenvalue weighted by Gasteiger charge is 1.90. The standard InChI is InChI=1S/C10H16O/c1-4-10(8-11)7-5-6-9(2)3/h4,6,8H,5,7H2,1-3H3. The van der Waals surface area contributed by atoms with Crippen LogP contribution in [-0.2, 0) is 4.79 Å². The van der Waals surface area contributed by atoms with Crippen LogP contribution >= 0.6 is 0 Å². The summed E-state index contributed by atoms with van der Waals surface area (Å²) in [6.45, 7) is 6.03. The highest BCUT2D eigenvalue weighted by atomic mass is 16.1. The van der Waals surface area contributed by atoms with E-state index in [2.05, 4.69) is 19.9 Å². The van der Waals surface area contributed by atoms with Gasteiger partial charge in [-0.05, 0) is 39.2 Å². The van der Waals surface area contributed by atoms with Crippen LogP contribution in [0.1, 0.15) is 33.6 Å². The summed E-state index contributed by atoms with van der Waals surface area (Å²) in [7, 11) is 0. The summed E-state index contributed by atoms with van der Waals surface area (Å²) in [6, 6.07) is 0. The van der Waals surface area contributed by atoms with Gasteiger partial charge in [-0.2, -0.15) is 0 Å². The number of aldehydes is 1. The van der Waals surface area contributed by atoms with Crippen molar-refractivity contribution >= 4 is 6.29 Å². The lowest BCUT2D eigenvalue weighted by atomic mass is 10.1. The van der Waals surface area contributed by atoms with Crippen LogP contribution in [0.25, 0.3) is 0 Å². The largest absolute Gasteiger partial charge is 0.298 e. The molecule has 0 saturated carbocycles. The molecule has 11 heavy (non-hydrogen) atoms. The van der Waals surface area contributed by atoms with Crippen LogP contribution in [0.3, 0.4) is 0 Å². The zero-order valence-corrected chi connectivity index (χ0v) is 7.55. The van der Waals surface area contributed by atoms with Gasteiger partial charge in [0, 0.05) is 0 Å². The van der Waals surface area contributed by atoms with Gasteiger partial charge in [-0.3, -0.25) is 4.79 Å². The quantitative estimate of drug-likeness (QED) is 0.344. The van der Waals surface area contributed by atoms with E-state index >= 15 is 0 Å². The van der Waals surface area contributed by atoms with Crippen molar-refractivity contribution in [1.29, 1.82) is 0 Å². The Hall–Kier alpha value is -0.850. The number of carbonyl (C=O) groups is 1. The predicted octanol–water partition coefficient (Wildman–Crippen LogP) is 2.88. The maximum atomic E-state index is 10.3. The van der Waals surface area contributed by atoms with E-state index < -0.39 is 0 Å². The van der Waals surface area contributed by atoms with E-state index in [0.717, 1.165) is 24.7 Å². The van der Waals surface area contributed by atoms with E-state index in [1.165, 1.54) is 5.57 Å². The Labute approximate surface area is 68.8 Å². The van der Waals surface area contributed by atoms with Gasteiger partial charge in [0.2, 0.25) is 0 Å². The van der Waals surface area contributed by atoms with Crippen LogP contribution in [-0.4, -0.2) is 6.29 Å². The van der Waals surface area contributed by atoms with E-state index in [0.29, 0.717) is 0 Å². The molecule has 0 aliphatic carbocycles. The molecule has 0 rings (SSSR count). The molecule has 62 valence electrons. The maximum absolute atomic E-state index is 10.3. The maximum Gasteiger partial charge on any atom is 0.145 e. The smallest absolute Gasteiger partial charge is 0.145 e. The minimum Gasteiger partial charge on any atom is -0.298 e. The zero-order chi connectivity index (χ0) is 8.69. The predicted molar refractivity (Wildman–Crippen MR) is 48.5 cm³/mol. The summed E-state index contributed by atoms with van der Waals surface area (Å²) >= 11 is 0. The molecular formula is C10H16O. The van der Waals surface area contributed by atoms with Crippen LogP contribution < -0.4 is 0 Å². The monoisotopic (exact) mass is 152 g/mol. The summed E-state index contributed by atoms with van der Waals surface area (Å²) in [6.07, 6.45) is 6.78. The minimum atomic E-state index is 0.866. The SMILES string of the molecule is CC=C(C=O)CCC=C(C)C. The number of hydrogen-bond donors (Lipinski definition) is 0. The molecular weight excluding hydrogens is 136 g/mol. The van der Waals surface area contributed by atoms with Gasteiger partial charge >= 0.3 is 0 Å². The van der Waals surface area contributed by atoms with E-state index in [-0.39, 0.29) is 0 Å². The first-order valence-electron chi connectivity index (χ1n) is 3.94. The molecule has 0 radical (unpaired) electrons. The van der Waals surface area contributed by atoms with Crippen molar-refractivity contribution in [1.82, 2.24) is 0 Å². The topological polar surface area (TPSA) is 17.1 Å². The van der Waals surface area contributed by atoms with Crippen LogP contribution in [0.2, 0.25) is 0 Å². The molecule has 0 atom stereocenters. The Bertz CT molecular complexity index is 171. The number of carbonyl (C=O) groups excluding carboxylic acids is 1. The lowest BCUT2D eigenvalue weighted by Gasteiger charge is -1.94. The van der Waals surface area contributed by atoms with Crippen molar-refractivity contribution in [2.24, 2.45) is 0 Å². The van der Waals surface area contributed by atoms with Gasteiger partial charge in [-0.1, -0.05) is 17.7 Å². The van der Waals surface area contributed by atoms with Gasteiger partial charge in [0.1, 0.15) is 6.29 Å². The van der Waals surface area contributed by atoms with Crippen LogP contribution in [0.15, 0.2) is 23.3 Å². The number of allylic oxidation sites excluding steroid dienone is 4. The molecule has 0 aromatic rings. The van der Waals surface area contributed by atoms with Gasteiger partial charge in [-0.15, -0.1) is 0 Å². The molecule has 0 aromatic carbocycles. The molecule has 0 N–H and O–H groups in total. The van der Waals surface area contributed by atoms with Gasteiger partial charge in [0.05, 0.1) is 0 Å². The molecule has 0 spiro atoms. The van der Waals surface area contributed by atoms with Gasteiger partial charge in [0.25, 0.3) is 0 Å². The fourth-order valence-electron chi connectivity index (χ4n) is 0.799. The summed E-state index contributed by atoms with van der Waals surface area (Å²) < 4.78 is 0. The van der Waals surface area contributed by atoms with E-state index in [9.17, 15) is 4.79 Å². The first-order chi connectivity index (χ1) is 5.20. The zero-order valence-electron chi connectivity index (χ0n) is 7.55. The van der Waals surface area contributed by atoms with Crippen molar-refractivity contribution < 1.29 is 4.79 Å². The molecule has 0 aliphatic heterocycles. The average molecular weight is 152 g/mol. The molecule has 0 saturated heterocycles. The first-order valence-corrected chi connectivity index (χ1v) is 3.94. The van der Waals surface area contributed by atoms with E-state index in [1.807, 2.05) is 13.0 Å². The third-order valence-corrected chi connectivity index (χ3v) is 1.51. The van der Waals surface area contributed by atoms with Crippen molar-refractivity contribution in [3.8, 4) is 0 Å². The molecule has 0 fully saturated rings. The highest BCUT2D eigenvalue weighted by Crippen LogP contribution is 2.04. The van der Waals surface area contributed by atoms with Crippen molar-refractivity contribution in [2.75, 3.05) is 0 Å². The highest BCUT2D eigenvalue weighted by molar-refractivity contribution is 5.72. The summed E-state index contributed by atoms with van der Waals surface area (Å²) in [5.74, 6) is 0. The second-order valence-corrected chi connectivity index (χ2v) is 2.80. The average Bonchev–Trinajstić information content (AvgIpc) is 1.98. The second kappa shape index (κ2) is 5.90. The first kappa shape index (κ1) is 10.2. The van der Waals surface area contributed by atoms with Gasteiger partial charge in [0.15, 0.2) is 0 Å². The number of rotatable bonds is 4. The Kier molecular flexibility index (Phi) is 5.44. The van der Waals surface area contributed by atoms with Crippen molar-refractivity contribution in [3.63, 3.8) is 0 Å². The number of hydrogen-bond acceptors (Lipinski definition) is 1. The molecule has 1 heteroatoms. The Morgan fingerprint density at radius 1 is 1.36 bits per heavy atom. The minimum absolute atomic E-state index is 0.866. The molecule has 0 unspecified atom stereocenters. The van der Waals surface area contributed by atoms with Crippen LogP contribution in [0.5, 0.6) is 0 Å². The molecule has 0 heterocycles. The van der Waals surface area contributed by atoms with E-state index in [1.54, 1.807) is 0 Å². The van der Waals surface area contributed by atoms with Gasteiger partial charge in [-0.25, -0.2) is 0 Å². The second-order valence-electron chi connectivity index (χ2n) is 2.80. The van der Waals surface area contributed by atoms with Crippen molar-refractivity contribution in [3.05, 3.63) is 23.3 Å². The van der Waals surface area contributed by atoms with Gasteiger partial charge < -0.3 is 0 Å². The van der Waals surface area contributed by atoms with Crippen molar-refractivity contribution in [2.45, 2.75) is 33.6 Å². The normalized spacial score (nSPS) is 11.0.